The Balaban J connectivity index is 1.74. The predicted octanol–water partition coefficient (Wildman–Crippen LogP) is 2.45. The largest absolute Gasteiger partial charge is 0.337 e. The molecule has 0 atom stereocenters. The van der Waals surface area contributed by atoms with Gasteiger partial charge in [-0.2, -0.15) is 0 Å². The van der Waals surface area contributed by atoms with Gasteiger partial charge in [0, 0.05) is 24.3 Å². The molecule has 2 heterocycles. The Kier molecular flexibility index (Phi) is 3.23. The molecule has 1 aliphatic rings. The highest BCUT2D eigenvalue weighted by Gasteiger charge is 2.16. The average Bonchev–Trinajstić information content (AvgIpc) is 2.82. The second kappa shape index (κ2) is 5.02. The number of aryl methyl sites for hydroxylation is 2. The Hall–Kier alpha value is -1.49. The fraction of sp³-hybridized carbons (Fsp3) is 0.462. The van der Waals surface area contributed by atoms with Crippen LogP contribution in [0.2, 0.25) is 0 Å². The molecule has 0 aliphatic heterocycles. The monoisotopic (exact) mass is 260 g/mol. The Morgan fingerprint density at radius 3 is 2.78 bits per heavy atom. The summed E-state index contributed by atoms with van der Waals surface area (Å²) in [5.74, 6) is 0.755. The molecule has 0 spiro atoms. The van der Waals surface area contributed by atoms with Crippen LogP contribution >= 0.6 is 11.3 Å². The highest BCUT2D eigenvalue weighted by Crippen LogP contribution is 2.27. The van der Waals surface area contributed by atoms with Crippen molar-refractivity contribution in [2.24, 2.45) is 0 Å². The van der Waals surface area contributed by atoms with Gasteiger partial charge in [-0.25, -0.2) is 15.0 Å². The van der Waals surface area contributed by atoms with E-state index in [9.17, 15) is 0 Å². The number of fused-ring (bicyclic) bond motifs is 1. The summed E-state index contributed by atoms with van der Waals surface area (Å²) >= 11 is 1.85. The minimum absolute atomic E-state index is 0.755. The van der Waals surface area contributed by atoms with E-state index in [4.69, 9.17) is 4.98 Å². The molecule has 2 aromatic rings. The summed E-state index contributed by atoms with van der Waals surface area (Å²) in [6.07, 6.45) is 8.49. The molecule has 2 aromatic heterocycles. The van der Waals surface area contributed by atoms with Crippen LogP contribution in [0.4, 0.5) is 5.95 Å². The molecule has 0 unspecified atom stereocenters. The number of rotatable bonds is 3. The van der Waals surface area contributed by atoms with E-state index >= 15 is 0 Å². The molecule has 0 amide bonds. The fourth-order valence-electron chi connectivity index (χ4n) is 2.24. The van der Waals surface area contributed by atoms with Crippen LogP contribution in [0.5, 0.6) is 0 Å². The first-order valence-corrected chi connectivity index (χ1v) is 7.10. The van der Waals surface area contributed by atoms with Gasteiger partial charge in [-0.1, -0.05) is 0 Å². The molecule has 18 heavy (non-hydrogen) atoms. The highest BCUT2D eigenvalue weighted by molar-refractivity contribution is 7.11. The summed E-state index contributed by atoms with van der Waals surface area (Å²) in [4.78, 5) is 16.8. The second-order valence-electron chi connectivity index (χ2n) is 4.59. The molecule has 3 rings (SSSR count). The molecule has 0 aromatic carbocycles. The number of anilines is 1. The van der Waals surface area contributed by atoms with Gasteiger partial charge in [0.15, 0.2) is 0 Å². The van der Waals surface area contributed by atoms with E-state index in [-0.39, 0.29) is 0 Å². The zero-order chi connectivity index (χ0) is 12.4. The molecule has 0 fully saturated rings. The molecular formula is C13H16N4S. The van der Waals surface area contributed by atoms with Crippen molar-refractivity contribution in [1.29, 1.82) is 0 Å². The third-order valence-corrected chi connectivity index (χ3v) is 4.30. The molecule has 0 bridgehead atoms. The van der Waals surface area contributed by atoms with Gasteiger partial charge in [0.05, 0.1) is 12.2 Å². The first-order valence-electron chi connectivity index (χ1n) is 6.28. The van der Waals surface area contributed by atoms with Gasteiger partial charge in [-0.15, -0.1) is 11.3 Å². The molecule has 5 heteroatoms. The van der Waals surface area contributed by atoms with Gasteiger partial charge >= 0.3 is 0 Å². The Bertz CT molecular complexity index is 500. The van der Waals surface area contributed by atoms with E-state index in [0.717, 1.165) is 18.9 Å². The van der Waals surface area contributed by atoms with Crippen molar-refractivity contribution in [2.75, 3.05) is 11.9 Å². The smallest absolute Gasteiger partial charge is 0.225 e. The third kappa shape index (κ3) is 2.36. The van der Waals surface area contributed by atoms with E-state index < -0.39 is 0 Å². The van der Waals surface area contributed by atoms with E-state index in [1.165, 1.54) is 34.8 Å². The lowest BCUT2D eigenvalue weighted by Gasteiger charge is -2.14. The maximum atomic E-state index is 4.74. The van der Waals surface area contributed by atoms with E-state index in [1.54, 1.807) is 12.4 Å². The Morgan fingerprint density at radius 1 is 1.22 bits per heavy atom. The van der Waals surface area contributed by atoms with Gasteiger partial charge < -0.3 is 4.90 Å². The van der Waals surface area contributed by atoms with E-state index in [1.807, 2.05) is 29.4 Å². The summed E-state index contributed by atoms with van der Waals surface area (Å²) in [6, 6.07) is 1.83. The molecule has 0 saturated heterocycles. The Labute approximate surface area is 111 Å². The van der Waals surface area contributed by atoms with Crippen molar-refractivity contribution in [3.8, 4) is 0 Å². The summed E-state index contributed by atoms with van der Waals surface area (Å²) in [7, 11) is 2.01. The predicted molar refractivity (Wildman–Crippen MR) is 72.9 cm³/mol. The molecule has 94 valence electrons. The van der Waals surface area contributed by atoms with Crippen molar-refractivity contribution in [1.82, 2.24) is 15.0 Å². The molecule has 0 saturated carbocycles. The van der Waals surface area contributed by atoms with Gasteiger partial charge in [-0.3, -0.25) is 0 Å². The van der Waals surface area contributed by atoms with Crippen LogP contribution in [0, 0.1) is 0 Å². The first-order chi connectivity index (χ1) is 8.83. The van der Waals surface area contributed by atoms with E-state index in [0.29, 0.717) is 0 Å². The summed E-state index contributed by atoms with van der Waals surface area (Å²) in [6.45, 7) is 0.793. The second-order valence-corrected chi connectivity index (χ2v) is 5.76. The minimum Gasteiger partial charge on any atom is -0.337 e. The van der Waals surface area contributed by atoms with Crippen molar-refractivity contribution in [3.63, 3.8) is 0 Å². The van der Waals surface area contributed by atoms with Gasteiger partial charge in [0.2, 0.25) is 5.95 Å². The number of hydrogen-bond acceptors (Lipinski definition) is 5. The Morgan fingerprint density at radius 2 is 2.00 bits per heavy atom. The normalized spacial score (nSPS) is 14.3. The zero-order valence-electron chi connectivity index (χ0n) is 10.5. The number of aromatic nitrogens is 3. The number of thiazole rings is 1. The third-order valence-electron chi connectivity index (χ3n) is 3.16. The lowest BCUT2D eigenvalue weighted by Crippen LogP contribution is -2.18. The maximum absolute atomic E-state index is 4.74. The van der Waals surface area contributed by atoms with Crippen LogP contribution in [0.3, 0.4) is 0 Å². The van der Waals surface area contributed by atoms with Crippen LogP contribution in [-0.2, 0) is 19.4 Å². The summed E-state index contributed by atoms with van der Waals surface area (Å²) in [5, 5.41) is 1.18. The van der Waals surface area contributed by atoms with Gasteiger partial charge in [-0.05, 0) is 31.7 Å². The lowest BCUT2D eigenvalue weighted by molar-refractivity contribution is 0.680. The number of nitrogens with zero attached hydrogens (tertiary/aromatic N) is 4. The van der Waals surface area contributed by atoms with Crippen LogP contribution < -0.4 is 4.90 Å². The minimum atomic E-state index is 0.755. The van der Waals surface area contributed by atoms with Crippen molar-refractivity contribution in [3.05, 3.63) is 34.0 Å². The van der Waals surface area contributed by atoms with Crippen LogP contribution in [0.25, 0.3) is 0 Å². The molecule has 4 nitrogen and oxygen atoms in total. The summed E-state index contributed by atoms with van der Waals surface area (Å²) < 4.78 is 0. The average molecular weight is 260 g/mol. The molecular weight excluding hydrogens is 244 g/mol. The standard InChI is InChI=1S/C13H16N4S/c1-17(13-14-7-4-8-15-13)9-12-16-10-5-2-3-6-11(10)18-12/h4,7-8H,2-3,5-6,9H2,1H3. The van der Waals surface area contributed by atoms with Gasteiger partial charge in [0.25, 0.3) is 0 Å². The van der Waals surface area contributed by atoms with Crippen LogP contribution in [0.15, 0.2) is 18.5 Å². The van der Waals surface area contributed by atoms with Crippen molar-refractivity contribution < 1.29 is 0 Å². The topological polar surface area (TPSA) is 41.9 Å². The van der Waals surface area contributed by atoms with Crippen molar-refractivity contribution in [2.45, 2.75) is 32.2 Å². The first kappa shape index (κ1) is 11.6. The van der Waals surface area contributed by atoms with Crippen LogP contribution in [0.1, 0.15) is 28.4 Å². The van der Waals surface area contributed by atoms with Gasteiger partial charge in [0.1, 0.15) is 5.01 Å². The summed E-state index contributed by atoms with van der Waals surface area (Å²) in [5.41, 5.74) is 1.32. The fourth-order valence-corrected chi connectivity index (χ4v) is 3.45. The molecule has 0 radical (unpaired) electrons. The van der Waals surface area contributed by atoms with Crippen molar-refractivity contribution >= 4 is 17.3 Å². The SMILES string of the molecule is CN(Cc1nc2c(s1)CCCC2)c1ncccn1. The zero-order valence-corrected chi connectivity index (χ0v) is 11.3. The quantitative estimate of drug-likeness (QED) is 0.850. The molecule has 0 N–H and O–H groups in total. The van der Waals surface area contributed by atoms with Crippen LogP contribution in [-0.4, -0.2) is 22.0 Å². The highest BCUT2D eigenvalue weighted by atomic mass is 32.1. The lowest BCUT2D eigenvalue weighted by atomic mass is 10.0. The number of hydrogen-bond donors (Lipinski definition) is 0. The van der Waals surface area contributed by atoms with E-state index in [2.05, 4.69) is 9.97 Å². The maximum Gasteiger partial charge on any atom is 0.225 e. The molecule has 1 aliphatic carbocycles.